The Morgan fingerprint density at radius 1 is 1.17 bits per heavy atom. The molecule has 0 atom stereocenters. The lowest BCUT2D eigenvalue weighted by molar-refractivity contribution is -0.297. The van der Waals surface area contributed by atoms with Crippen molar-refractivity contribution in [3.63, 3.8) is 0 Å². The summed E-state index contributed by atoms with van der Waals surface area (Å²) in [6.45, 7) is 0. The molecule has 0 aliphatic carbocycles. The summed E-state index contributed by atoms with van der Waals surface area (Å²) in [6, 6.07) is 3.69. The summed E-state index contributed by atoms with van der Waals surface area (Å²) in [5, 5.41) is 23.2. The van der Waals surface area contributed by atoms with E-state index in [1.165, 1.54) is 12.1 Å². The van der Waals surface area contributed by atoms with Gasteiger partial charge in [0.2, 0.25) is 5.91 Å². The third-order valence-corrected chi connectivity index (χ3v) is 2.07. The van der Waals surface area contributed by atoms with Crippen molar-refractivity contribution in [2.45, 2.75) is 0 Å². The van der Waals surface area contributed by atoms with E-state index >= 15 is 0 Å². The lowest BCUT2D eigenvalue weighted by Crippen LogP contribution is -2.24. The Balaban J connectivity index is 2.96. The predicted molar refractivity (Wildman–Crippen MR) is 58.6 cm³/mol. The van der Waals surface area contributed by atoms with Crippen molar-refractivity contribution in [1.29, 1.82) is 0 Å². The summed E-state index contributed by atoms with van der Waals surface area (Å²) in [6.07, 6.45) is 1.20. The van der Waals surface area contributed by atoms with Crippen molar-refractivity contribution in [2.75, 3.05) is 5.32 Å². The lowest BCUT2D eigenvalue weighted by atomic mass is 10.2. The maximum absolute atomic E-state index is 11.3. The molecule has 0 unspecified atom stereocenters. The first-order valence-corrected chi connectivity index (χ1v) is 4.99. The zero-order valence-electron chi connectivity index (χ0n) is 8.81. The van der Waals surface area contributed by atoms with Gasteiger partial charge in [0.05, 0.1) is 17.6 Å². The van der Waals surface area contributed by atoms with E-state index in [4.69, 9.17) is 11.6 Å². The van der Waals surface area contributed by atoms with Crippen LogP contribution in [-0.2, 0) is 9.59 Å². The molecule has 1 N–H and O–H groups in total. The summed E-state index contributed by atoms with van der Waals surface area (Å²) >= 11 is 5.65. The van der Waals surface area contributed by atoms with Crippen LogP contribution in [0.1, 0.15) is 10.4 Å². The number of nitrogens with one attached hydrogen (secondary N) is 1. The predicted octanol–water partition coefficient (Wildman–Crippen LogP) is -1.05. The number of carbonyl (C=O) groups is 3. The van der Waals surface area contributed by atoms with Crippen LogP contribution in [-0.4, -0.2) is 17.8 Å². The number of anilines is 1. The maximum Gasteiger partial charge on any atom is 0.248 e. The Labute approximate surface area is 106 Å². The lowest BCUT2D eigenvalue weighted by Gasteiger charge is -2.11. The van der Waals surface area contributed by atoms with Gasteiger partial charge in [-0.3, -0.25) is 4.79 Å². The van der Waals surface area contributed by atoms with Gasteiger partial charge in [-0.05, 0) is 24.3 Å². The van der Waals surface area contributed by atoms with Crippen LogP contribution in [0.4, 0.5) is 5.69 Å². The third-order valence-electron chi connectivity index (χ3n) is 1.83. The molecular formula is C11H6ClNO5-2. The van der Waals surface area contributed by atoms with Crippen molar-refractivity contribution in [2.24, 2.45) is 0 Å². The number of carboxylic acids is 2. The Morgan fingerprint density at radius 3 is 2.39 bits per heavy atom. The van der Waals surface area contributed by atoms with Crippen LogP contribution < -0.4 is 15.5 Å². The number of hydrogen-bond donors (Lipinski definition) is 1. The molecule has 6 nitrogen and oxygen atoms in total. The Morgan fingerprint density at radius 2 is 1.83 bits per heavy atom. The van der Waals surface area contributed by atoms with Crippen LogP contribution in [0.3, 0.4) is 0 Å². The minimum absolute atomic E-state index is 0.0875. The summed E-state index contributed by atoms with van der Waals surface area (Å²) in [5.41, 5.74) is -0.356. The molecule has 0 bridgehead atoms. The van der Waals surface area contributed by atoms with Crippen molar-refractivity contribution >= 4 is 35.1 Å². The van der Waals surface area contributed by atoms with Crippen LogP contribution in [0.25, 0.3) is 0 Å². The maximum atomic E-state index is 11.3. The highest BCUT2D eigenvalue weighted by molar-refractivity contribution is 6.31. The molecule has 0 radical (unpaired) electrons. The van der Waals surface area contributed by atoms with Gasteiger partial charge in [-0.15, -0.1) is 0 Å². The van der Waals surface area contributed by atoms with Gasteiger partial charge in [0.25, 0.3) is 0 Å². The molecule has 18 heavy (non-hydrogen) atoms. The third kappa shape index (κ3) is 3.91. The van der Waals surface area contributed by atoms with Crippen molar-refractivity contribution in [1.82, 2.24) is 0 Å². The summed E-state index contributed by atoms with van der Waals surface area (Å²) in [5.74, 6) is -3.87. The van der Waals surface area contributed by atoms with Crippen molar-refractivity contribution in [3.8, 4) is 0 Å². The molecule has 0 fully saturated rings. The van der Waals surface area contributed by atoms with Crippen LogP contribution in [0.5, 0.6) is 0 Å². The van der Waals surface area contributed by atoms with Crippen LogP contribution >= 0.6 is 11.6 Å². The molecule has 1 aromatic carbocycles. The largest absolute Gasteiger partial charge is 0.545 e. The standard InChI is InChI=1S/C11H8ClNO5/c12-6-1-2-7(11(17)18)8(5-6)13-9(14)3-4-10(15)16/h1-5H,(H,13,14)(H,15,16)(H,17,18)/p-2/b4-3+. The molecule has 0 saturated heterocycles. The quantitative estimate of drug-likeness (QED) is 0.700. The zero-order valence-corrected chi connectivity index (χ0v) is 9.56. The minimum atomic E-state index is -1.55. The van der Waals surface area contributed by atoms with E-state index < -0.39 is 17.8 Å². The Bertz CT molecular complexity index is 538. The number of carboxylic acid groups (broad SMARTS) is 2. The van der Waals surface area contributed by atoms with Gasteiger partial charge < -0.3 is 25.1 Å². The fraction of sp³-hybridized carbons (Fsp3) is 0. The highest BCUT2D eigenvalue weighted by atomic mass is 35.5. The van der Waals surface area contributed by atoms with Crippen molar-refractivity contribution in [3.05, 3.63) is 40.9 Å². The second-order valence-electron chi connectivity index (χ2n) is 3.12. The van der Waals surface area contributed by atoms with Gasteiger partial charge in [-0.2, -0.15) is 0 Å². The molecule has 0 heterocycles. The topological polar surface area (TPSA) is 109 Å². The molecule has 0 aromatic heterocycles. The molecular weight excluding hydrogens is 262 g/mol. The van der Waals surface area contributed by atoms with E-state index in [1.807, 2.05) is 0 Å². The average molecular weight is 268 g/mol. The van der Waals surface area contributed by atoms with Gasteiger partial charge >= 0.3 is 0 Å². The van der Waals surface area contributed by atoms with Crippen molar-refractivity contribution < 1.29 is 24.6 Å². The molecule has 1 amide bonds. The summed E-state index contributed by atoms with van der Waals surface area (Å²) < 4.78 is 0. The first-order chi connectivity index (χ1) is 8.40. The molecule has 0 aliphatic heterocycles. The first-order valence-electron chi connectivity index (χ1n) is 4.61. The van der Waals surface area contributed by atoms with Gasteiger partial charge in [-0.1, -0.05) is 11.6 Å². The van der Waals surface area contributed by atoms with E-state index in [2.05, 4.69) is 5.32 Å². The highest BCUT2D eigenvalue weighted by Crippen LogP contribution is 2.20. The number of halogens is 1. The summed E-state index contributed by atoms with van der Waals surface area (Å²) in [7, 11) is 0. The van der Waals surface area contributed by atoms with E-state index in [0.717, 1.165) is 6.07 Å². The van der Waals surface area contributed by atoms with E-state index in [-0.39, 0.29) is 16.3 Å². The van der Waals surface area contributed by atoms with Gasteiger partial charge in [0.1, 0.15) is 0 Å². The number of aliphatic carboxylic acids is 1. The number of aromatic carboxylic acids is 1. The minimum Gasteiger partial charge on any atom is -0.545 e. The molecule has 7 heteroatoms. The second kappa shape index (κ2) is 5.83. The van der Waals surface area contributed by atoms with E-state index in [9.17, 15) is 24.6 Å². The highest BCUT2D eigenvalue weighted by Gasteiger charge is 2.06. The summed E-state index contributed by atoms with van der Waals surface area (Å²) in [4.78, 5) is 32.1. The number of benzene rings is 1. The molecule has 94 valence electrons. The molecule has 0 spiro atoms. The Hall–Kier alpha value is -2.34. The van der Waals surface area contributed by atoms with Gasteiger partial charge in [0.15, 0.2) is 0 Å². The van der Waals surface area contributed by atoms with Gasteiger partial charge in [-0.25, -0.2) is 0 Å². The first kappa shape index (κ1) is 13.7. The molecule has 0 aliphatic rings. The number of rotatable bonds is 4. The molecule has 0 saturated carbocycles. The second-order valence-corrected chi connectivity index (χ2v) is 3.56. The van der Waals surface area contributed by atoms with Crippen LogP contribution in [0.15, 0.2) is 30.4 Å². The Kier molecular flexibility index (Phi) is 4.45. The average Bonchev–Trinajstić information content (AvgIpc) is 2.26. The fourth-order valence-corrected chi connectivity index (χ4v) is 1.29. The molecule has 1 rings (SSSR count). The van der Waals surface area contributed by atoms with Crippen LogP contribution in [0, 0.1) is 0 Å². The van der Waals surface area contributed by atoms with E-state index in [1.54, 1.807) is 0 Å². The SMILES string of the molecule is O=C([O-])/C=C/C(=O)Nc1cc(Cl)ccc1C(=O)[O-]. The van der Waals surface area contributed by atoms with Crippen LogP contribution in [0.2, 0.25) is 5.02 Å². The fourth-order valence-electron chi connectivity index (χ4n) is 1.12. The zero-order chi connectivity index (χ0) is 13.7. The number of amides is 1. The number of hydrogen-bond acceptors (Lipinski definition) is 5. The van der Waals surface area contributed by atoms with Gasteiger partial charge in [0, 0.05) is 16.7 Å². The normalized spacial score (nSPS) is 10.3. The smallest absolute Gasteiger partial charge is 0.248 e. The monoisotopic (exact) mass is 267 g/mol. The number of carbonyl (C=O) groups excluding carboxylic acids is 3. The molecule has 1 aromatic rings. The van der Waals surface area contributed by atoms with E-state index in [0.29, 0.717) is 12.2 Å².